The summed E-state index contributed by atoms with van der Waals surface area (Å²) < 4.78 is 4.63. The van der Waals surface area contributed by atoms with Gasteiger partial charge in [0.25, 0.3) is 0 Å². The third-order valence-corrected chi connectivity index (χ3v) is 6.05. The lowest BCUT2D eigenvalue weighted by Gasteiger charge is -2.11. The van der Waals surface area contributed by atoms with Crippen LogP contribution in [0.1, 0.15) is 17.0 Å². The fourth-order valence-electron chi connectivity index (χ4n) is 4.56. The number of para-hydroxylation sites is 3. The number of rotatable bonds is 2. The summed E-state index contributed by atoms with van der Waals surface area (Å²) in [6.45, 7) is 6.49. The fourth-order valence-corrected chi connectivity index (χ4v) is 4.56. The van der Waals surface area contributed by atoms with Gasteiger partial charge in [0, 0.05) is 42.1 Å². The van der Waals surface area contributed by atoms with Gasteiger partial charge < -0.3 is 0 Å². The van der Waals surface area contributed by atoms with Gasteiger partial charge in [0.15, 0.2) is 5.69 Å². The van der Waals surface area contributed by atoms with Crippen molar-refractivity contribution in [2.45, 2.75) is 20.8 Å². The third-order valence-electron chi connectivity index (χ3n) is 6.05. The first-order valence-electron chi connectivity index (χ1n) is 10.3. The summed E-state index contributed by atoms with van der Waals surface area (Å²) in [5, 5.41) is 1.24. The highest BCUT2D eigenvalue weighted by molar-refractivity contribution is 5.77. The SMILES string of the molecule is Cc1nc2ccccc2[n+](C)c1-c1cccc(-[n+]2c(C)ccc3ccccc32)c1C. The summed E-state index contributed by atoms with van der Waals surface area (Å²) in [6.07, 6.45) is 0. The first kappa shape index (κ1) is 18.4. The minimum absolute atomic E-state index is 1.02. The zero-order chi connectivity index (χ0) is 20.8. The summed E-state index contributed by atoms with van der Waals surface area (Å²) in [5.41, 5.74) is 10.5. The average molecular weight is 392 g/mol. The first-order valence-corrected chi connectivity index (χ1v) is 10.3. The molecule has 146 valence electrons. The lowest BCUT2D eigenvalue weighted by molar-refractivity contribution is -0.634. The van der Waals surface area contributed by atoms with Gasteiger partial charge in [0.2, 0.25) is 22.4 Å². The molecule has 0 radical (unpaired) electrons. The maximum atomic E-state index is 4.90. The average Bonchev–Trinajstić information content (AvgIpc) is 2.75. The minimum Gasteiger partial charge on any atom is -0.240 e. The molecule has 30 heavy (non-hydrogen) atoms. The molecule has 3 aromatic carbocycles. The Labute approximate surface area is 176 Å². The van der Waals surface area contributed by atoms with E-state index in [1.807, 2.05) is 6.07 Å². The quantitative estimate of drug-likeness (QED) is 0.384. The summed E-state index contributed by atoms with van der Waals surface area (Å²) in [6, 6.07) is 27.8. The van der Waals surface area contributed by atoms with Gasteiger partial charge in [-0.25, -0.2) is 4.98 Å². The van der Waals surface area contributed by atoms with Gasteiger partial charge in [-0.1, -0.05) is 30.3 Å². The predicted molar refractivity (Wildman–Crippen MR) is 122 cm³/mol. The lowest BCUT2D eigenvalue weighted by Crippen LogP contribution is -2.37. The van der Waals surface area contributed by atoms with Crippen molar-refractivity contribution in [2.75, 3.05) is 0 Å². The Morgan fingerprint density at radius 1 is 0.700 bits per heavy atom. The van der Waals surface area contributed by atoms with Crippen LogP contribution in [0.3, 0.4) is 0 Å². The minimum atomic E-state index is 1.02. The topological polar surface area (TPSA) is 20.6 Å². The first-order chi connectivity index (χ1) is 14.6. The fraction of sp³-hybridized carbons (Fsp3) is 0.148. The van der Waals surface area contributed by atoms with E-state index in [1.54, 1.807) is 0 Å². The van der Waals surface area contributed by atoms with E-state index in [1.165, 1.54) is 33.4 Å². The Hall–Kier alpha value is -3.59. The normalized spacial score (nSPS) is 11.3. The van der Waals surface area contributed by atoms with Crippen molar-refractivity contribution in [3.05, 3.63) is 95.8 Å². The monoisotopic (exact) mass is 391 g/mol. The molecule has 3 nitrogen and oxygen atoms in total. The molecule has 3 heteroatoms. The molecular formula is C27H25N3+2. The van der Waals surface area contributed by atoms with Crippen LogP contribution in [0.15, 0.2) is 78.9 Å². The number of benzene rings is 3. The van der Waals surface area contributed by atoms with E-state index in [9.17, 15) is 0 Å². The van der Waals surface area contributed by atoms with Gasteiger partial charge in [0.1, 0.15) is 18.3 Å². The number of fused-ring (bicyclic) bond motifs is 2. The smallest absolute Gasteiger partial charge is 0.234 e. The molecule has 0 fully saturated rings. The van der Waals surface area contributed by atoms with E-state index in [2.05, 4.69) is 110 Å². The number of pyridine rings is 1. The van der Waals surface area contributed by atoms with E-state index in [0.717, 1.165) is 22.4 Å². The van der Waals surface area contributed by atoms with Crippen molar-refractivity contribution in [1.29, 1.82) is 0 Å². The van der Waals surface area contributed by atoms with Gasteiger partial charge >= 0.3 is 0 Å². The van der Waals surface area contributed by atoms with Crippen molar-refractivity contribution in [1.82, 2.24) is 4.98 Å². The van der Waals surface area contributed by atoms with Gasteiger partial charge in [-0.2, -0.15) is 9.13 Å². The highest BCUT2D eigenvalue weighted by Crippen LogP contribution is 2.27. The Morgan fingerprint density at radius 2 is 1.43 bits per heavy atom. The molecule has 5 rings (SSSR count). The van der Waals surface area contributed by atoms with Crippen LogP contribution in [-0.4, -0.2) is 4.98 Å². The number of aromatic nitrogens is 3. The predicted octanol–water partition coefficient (Wildman–Crippen LogP) is 5.08. The van der Waals surface area contributed by atoms with Crippen LogP contribution >= 0.6 is 0 Å². The molecule has 0 spiro atoms. The Kier molecular flexibility index (Phi) is 4.32. The van der Waals surface area contributed by atoms with Crippen LogP contribution in [0.5, 0.6) is 0 Å². The second kappa shape index (κ2) is 7.03. The molecule has 5 aromatic rings. The maximum absolute atomic E-state index is 4.90. The Morgan fingerprint density at radius 3 is 2.27 bits per heavy atom. The van der Waals surface area contributed by atoms with E-state index in [-0.39, 0.29) is 0 Å². The lowest BCUT2D eigenvalue weighted by atomic mass is 10.0. The molecule has 0 aliphatic rings. The molecule has 2 aromatic heterocycles. The molecule has 0 atom stereocenters. The molecule has 0 N–H and O–H groups in total. The summed E-state index contributed by atoms with van der Waals surface area (Å²) in [5.74, 6) is 0. The largest absolute Gasteiger partial charge is 0.240 e. The molecule has 0 saturated heterocycles. The second-order valence-electron chi connectivity index (χ2n) is 7.91. The van der Waals surface area contributed by atoms with Crippen LogP contribution in [0.25, 0.3) is 38.9 Å². The Balaban J connectivity index is 1.81. The molecular weight excluding hydrogens is 366 g/mol. The van der Waals surface area contributed by atoms with Crippen molar-refractivity contribution in [2.24, 2.45) is 7.05 Å². The number of aryl methyl sites for hydroxylation is 3. The molecule has 0 aliphatic heterocycles. The molecule has 0 bridgehead atoms. The van der Waals surface area contributed by atoms with E-state index in [4.69, 9.17) is 4.98 Å². The van der Waals surface area contributed by atoms with Gasteiger partial charge in [-0.15, -0.1) is 0 Å². The number of hydrogen-bond acceptors (Lipinski definition) is 1. The van der Waals surface area contributed by atoms with Gasteiger partial charge in [-0.3, -0.25) is 0 Å². The van der Waals surface area contributed by atoms with Crippen LogP contribution in [0.2, 0.25) is 0 Å². The van der Waals surface area contributed by atoms with Gasteiger partial charge in [0.05, 0.1) is 5.56 Å². The maximum Gasteiger partial charge on any atom is 0.234 e. The van der Waals surface area contributed by atoms with Crippen LogP contribution in [0, 0.1) is 20.8 Å². The molecule has 0 saturated carbocycles. The van der Waals surface area contributed by atoms with Crippen LogP contribution in [-0.2, 0) is 7.05 Å². The standard InChI is InChI=1S/C27H25N3/c1-18-16-17-21-10-5-7-13-25(21)30(18)24-15-9-11-22(19(24)2)27-20(3)28-23-12-6-8-14-26(23)29(27)4/h5-17H,1-4H3/q+2. The van der Waals surface area contributed by atoms with E-state index < -0.39 is 0 Å². The van der Waals surface area contributed by atoms with Crippen molar-refractivity contribution >= 4 is 21.9 Å². The van der Waals surface area contributed by atoms with Crippen molar-refractivity contribution in [3.8, 4) is 16.9 Å². The van der Waals surface area contributed by atoms with Gasteiger partial charge in [-0.05, 0) is 38.1 Å². The molecule has 0 amide bonds. The molecule has 0 unspecified atom stereocenters. The van der Waals surface area contributed by atoms with E-state index in [0.29, 0.717) is 0 Å². The number of hydrogen-bond donors (Lipinski definition) is 0. The summed E-state index contributed by atoms with van der Waals surface area (Å²) in [7, 11) is 2.13. The van der Waals surface area contributed by atoms with Crippen LogP contribution in [0.4, 0.5) is 0 Å². The van der Waals surface area contributed by atoms with Crippen LogP contribution < -0.4 is 9.13 Å². The summed E-state index contributed by atoms with van der Waals surface area (Å²) >= 11 is 0. The van der Waals surface area contributed by atoms with Crippen molar-refractivity contribution < 1.29 is 9.13 Å². The number of nitrogens with zero attached hydrogens (tertiary/aromatic N) is 3. The molecule has 0 aliphatic carbocycles. The van der Waals surface area contributed by atoms with Crippen molar-refractivity contribution in [3.63, 3.8) is 0 Å². The van der Waals surface area contributed by atoms with E-state index >= 15 is 0 Å². The Bertz CT molecular complexity index is 1430. The zero-order valence-corrected chi connectivity index (χ0v) is 17.8. The second-order valence-corrected chi connectivity index (χ2v) is 7.91. The highest BCUT2D eigenvalue weighted by atomic mass is 15.0. The highest BCUT2D eigenvalue weighted by Gasteiger charge is 2.25. The zero-order valence-electron chi connectivity index (χ0n) is 17.8. The third kappa shape index (κ3) is 2.78. The summed E-state index contributed by atoms with van der Waals surface area (Å²) in [4.78, 5) is 4.90. The molecule has 2 heterocycles.